The largest absolute Gasteiger partial charge is 0.468 e. The molecule has 1 heterocycles. The quantitative estimate of drug-likeness (QED) is 0.836. The summed E-state index contributed by atoms with van der Waals surface area (Å²) in [7, 11) is -2.48. The van der Waals surface area contributed by atoms with Gasteiger partial charge in [-0.2, -0.15) is 4.98 Å². The molecule has 0 amide bonds. The van der Waals surface area contributed by atoms with Gasteiger partial charge in [0.25, 0.3) is 6.01 Å². The molecular formula is C4H4Br2N2O. The van der Waals surface area contributed by atoms with E-state index in [0.717, 1.165) is 0 Å². The number of hydrogen-bond donors (Lipinski definition) is 1. The van der Waals surface area contributed by atoms with Gasteiger partial charge < -0.3 is 9.72 Å². The number of imidazole rings is 1. The Hall–Kier alpha value is -0.0300. The standard InChI is InChI=1S/C4H4Br2N2O/c1-9-4-7-2(5)3(6)8-4/h1H3,(H,7,8)/i1D3. The molecule has 1 N–H and O–H groups in total. The molecule has 0 atom stereocenters. The normalized spacial score (nSPS) is 16.0. The predicted octanol–water partition coefficient (Wildman–Crippen LogP) is 1.94. The number of rotatable bonds is 1. The highest BCUT2D eigenvalue weighted by Crippen LogP contribution is 2.22. The van der Waals surface area contributed by atoms with Gasteiger partial charge in [-0.25, -0.2) is 0 Å². The van der Waals surface area contributed by atoms with E-state index in [1.807, 2.05) is 0 Å². The van der Waals surface area contributed by atoms with E-state index >= 15 is 0 Å². The van der Waals surface area contributed by atoms with Crippen LogP contribution in [0.4, 0.5) is 0 Å². The second-order valence-corrected chi connectivity index (χ2v) is 2.79. The summed E-state index contributed by atoms with van der Waals surface area (Å²) in [6.45, 7) is 0. The van der Waals surface area contributed by atoms with E-state index in [1.54, 1.807) is 0 Å². The summed E-state index contributed by atoms with van der Waals surface area (Å²) in [6.07, 6.45) is 0. The van der Waals surface area contributed by atoms with Crippen molar-refractivity contribution in [1.82, 2.24) is 9.97 Å². The molecule has 0 saturated carbocycles. The molecule has 0 saturated heterocycles. The topological polar surface area (TPSA) is 37.9 Å². The third-order valence-corrected chi connectivity index (χ3v) is 2.37. The van der Waals surface area contributed by atoms with Crippen LogP contribution in [0.3, 0.4) is 0 Å². The van der Waals surface area contributed by atoms with Crippen LogP contribution in [0.5, 0.6) is 6.01 Å². The van der Waals surface area contributed by atoms with E-state index in [0.29, 0.717) is 9.21 Å². The lowest BCUT2D eigenvalue weighted by Gasteiger charge is -1.86. The molecule has 0 aliphatic heterocycles. The van der Waals surface area contributed by atoms with Crippen molar-refractivity contribution in [3.63, 3.8) is 0 Å². The van der Waals surface area contributed by atoms with Crippen LogP contribution < -0.4 is 4.74 Å². The summed E-state index contributed by atoms with van der Waals surface area (Å²) in [4.78, 5) is 6.30. The van der Waals surface area contributed by atoms with Gasteiger partial charge in [0.2, 0.25) is 0 Å². The van der Waals surface area contributed by atoms with Gasteiger partial charge in [0.1, 0.15) is 9.21 Å². The van der Waals surface area contributed by atoms with Crippen molar-refractivity contribution in [3.05, 3.63) is 9.21 Å². The highest BCUT2D eigenvalue weighted by atomic mass is 79.9. The van der Waals surface area contributed by atoms with Gasteiger partial charge in [-0.1, -0.05) is 0 Å². The van der Waals surface area contributed by atoms with Crippen LogP contribution >= 0.6 is 31.9 Å². The Labute approximate surface area is 73.3 Å². The minimum atomic E-state index is -2.48. The van der Waals surface area contributed by atoms with E-state index in [1.165, 1.54) is 0 Å². The first-order valence-electron chi connectivity index (χ1n) is 3.48. The Morgan fingerprint density at radius 1 is 1.78 bits per heavy atom. The van der Waals surface area contributed by atoms with Crippen LogP contribution in [0.25, 0.3) is 0 Å². The van der Waals surface area contributed by atoms with Crippen LogP contribution in [0.2, 0.25) is 0 Å². The zero-order valence-electron chi connectivity index (χ0n) is 7.11. The molecule has 0 aliphatic carbocycles. The predicted molar refractivity (Wildman–Crippen MR) is 40.5 cm³/mol. The molecule has 5 heteroatoms. The number of hydrogen-bond acceptors (Lipinski definition) is 2. The van der Waals surface area contributed by atoms with E-state index < -0.39 is 7.04 Å². The summed E-state index contributed by atoms with van der Waals surface area (Å²) in [5, 5.41) is 0. The summed E-state index contributed by atoms with van der Waals surface area (Å²) >= 11 is 6.17. The number of nitrogens with one attached hydrogen (secondary N) is 1. The van der Waals surface area contributed by atoms with Crippen LogP contribution in [-0.2, 0) is 0 Å². The van der Waals surface area contributed by atoms with Crippen molar-refractivity contribution in [1.29, 1.82) is 0 Å². The van der Waals surface area contributed by atoms with Crippen molar-refractivity contribution < 1.29 is 8.85 Å². The van der Waals surface area contributed by atoms with E-state index in [2.05, 4.69) is 46.6 Å². The van der Waals surface area contributed by atoms with Crippen LogP contribution in [-0.4, -0.2) is 17.0 Å². The SMILES string of the molecule is [2H]C([2H])([2H])Oc1nc(Br)c(Br)[nH]1. The fraction of sp³-hybridized carbons (Fsp3) is 0.250. The maximum atomic E-state index is 6.77. The first kappa shape index (κ1) is 3.98. The fourth-order valence-electron chi connectivity index (χ4n) is 0.360. The molecule has 0 aromatic carbocycles. The Morgan fingerprint density at radius 3 is 3.00 bits per heavy atom. The average Bonchev–Trinajstić information content (AvgIpc) is 2.07. The van der Waals surface area contributed by atoms with Gasteiger partial charge in [0.15, 0.2) is 0 Å². The molecule has 3 nitrogen and oxygen atoms in total. The Morgan fingerprint density at radius 2 is 2.56 bits per heavy atom. The van der Waals surface area contributed by atoms with Crippen molar-refractivity contribution >= 4 is 31.9 Å². The van der Waals surface area contributed by atoms with Gasteiger partial charge in [0.05, 0.1) is 11.2 Å². The summed E-state index contributed by atoms with van der Waals surface area (Å²) in [5.41, 5.74) is 0. The lowest BCUT2D eigenvalue weighted by atomic mass is 11.0. The number of ether oxygens (including phenoxy) is 1. The Balaban J connectivity index is 2.77. The first-order chi connectivity index (χ1) is 5.38. The molecular weight excluding hydrogens is 252 g/mol. The third kappa shape index (κ3) is 1.46. The van der Waals surface area contributed by atoms with Crippen LogP contribution in [0, 0.1) is 0 Å². The van der Waals surface area contributed by atoms with Gasteiger partial charge in [-0.15, -0.1) is 0 Å². The Bertz CT molecular complexity index is 265. The number of methoxy groups -OCH3 is 1. The summed E-state index contributed by atoms with van der Waals surface area (Å²) in [5.74, 6) is 0. The second kappa shape index (κ2) is 2.70. The molecule has 0 fully saturated rings. The molecule has 0 spiro atoms. The molecule has 0 aliphatic rings. The molecule has 1 rings (SSSR count). The van der Waals surface area contributed by atoms with E-state index in [-0.39, 0.29) is 6.01 Å². The Kier molecular flexibility index (Phi) is 1.19. The first-order valence-corrected chi connectivity index (χ1v) is 3.57. The molecule has 0 unspecified atom stereocenters. The van der Waals surface area contributed by atoms with Gasteiger partial charge in [0, 0.05) is 0 Å². The minimum absolute atomic E-state index is 0.0475. The van der Waals surface area contributed by atoms with Gasteiger partial charge >= 0.3 is 0 Å². The zero-order chi connectivity index (χ0) is 9.35. The van der Waals surface area contributed by atoms with Crippen molar-refractivity contribution in [3.8, 4) is 6.01 Å². The van der Waals surface area contributed by atoms with E-state index in [9.17, 15) is 0 Å². The molecule has 50 valence electrons. The molecule has 0 bridgehead atoms. The van der Waals surface area contributed by atoms with Gasteiger partial charge in [-0.3, -0.25) is 0 Å². The smallest absolute Gasteiger partial charge is 0.295 e. The summed E-state index contributed by atoms with van der Waals surface area (Å²) < 4.78 is 25.8. The highest BCUT2D eigenvalue weighted by Gasteiger charge is 2.02. The van der Waals surface area contributed by atoms with Crippen LogP contribution in [0.1, 0.15) is 4.11 Å². The fourth-order valence-corrected chi connectivity index (χ4v) is 0.878. The number of halogens is 2. The van der Waals surface area contributed by atoms with Gasteiger partial charge in [-0.05, 0) is 31.9 Å². The van der Waals surface area contributed by atoms with Crippen LogP contribution in [0.15, 0.2) is 9.21 Å². The lowest BCUT2D eigenvalue weighted by molar-refractivity contribution is 0.383. The van der Waals surface area contributed by atoms with Crippen molar-refractivity contribution in [2.24, 2.45) is 0 Å². The second-order valence-electron chi connectivity index (χ2n) is 1.25. The monoisotopic (exact) mass is 257 g/mol. The van der Waals surface area contributed by atoms with E-state index in [4.69, 9.17) is 4.11 Å². The lowest BCUT2D eigenvalue weighted by Crippen LogP contribution is -1.82. The maximum absolute atomic E-state index is 6.77. The van der Waals surface area contributed by atoms with Crippen molar-refractivity contribution in [2.75, 3.05) is 7.04 Å². The number of H-pyrrole nitrogens is 1. The average molecular weight is 259 g/mol. The molecule has 9 heavy (non-hydrogen) atoms. The molecule has 1 aromatic rings. The maximum Gasteiger partial charge on any atom is 0.295 e. The number of aromatic nitrogens is 2. The zero-order valence-corrected chi connectivity index (χ0v) is 7.28. The highest BCUT2D eigenvalue weighted by molar-refractivity contribution is 9.13. The molecule has 1 aromatic heterocycles. The molecule has 0 radical (unpaired) electrons. The summed E-state index contributed by atoms with van der Waals surface area (Å²) in [6, 6.07) is -0.0475. The number of aromatic amines is 1. The number of nitrogens with zero attached hydrogens (tertiary/aromatic N) is 1. The third-order valence-electron chi connectivity index (χ3n) is 0.694. The van der Waals surface area contributed by atoms with Crippen molar-refractivity contribution in [2.45, 2.75) is 0 Å². The minimum Gasteiger partial charge on any atom is -0.468 e.